The van der Waals surface area contributed by atoms with E-state index in [9.17, 15) is 5.11 Å². The third-order valence-corrected chi connectivity index (χ3v) is 4.71. The van der Waals surface area contributed by atoms with Crippen molar-refractivity contribution in [2.75, 3.05) is 0 Å². The van der Waals surface area contributed by atoms with E-state index in [1.165, 1.54) is 19.3 Å². The van der Waals surface area contributed by atoms with Crippen LogP contribution in [0, 0.1) is 17.8 Å². The van der Waals surface area contributed by atoms with E-state index >= 15 is 0 Å². The number of aromatic nitrogens is 2. The Kier molecular flexibility index (Phi) is 2.48. The molecule has 4 atom stereocenters. The van der Waals surface area contributed by atoms with Crippen LogP contribution in [-0.2, 0) is 7.05 Å². The third-order valence-electron chi connectivity index (χ3n) is 4.42. The summed E-state index contributed by atoms with van der Waals surface area (Å²) in [5.74, 6) is 1.94. The summed E-state index contributed by atoms with van der Waals surface area (Å²) in [7, 11) is 1.84. The number of hydrogen-bond donors (Lipinski definition) is 1. The molecule has 0 amide bonds. The summed E-state index contributed by atoms with van der Waals surface area (Å²) in [6.07, 6.45) is 6.28. The number of aliphatic hydroxyl groups is 1. The predicted octanol–water partition coefficient (Wildman–Crippen LogP) is 2.54. The maximum absolute atomic E-state index is 10.4. The average Bonchev–Trinajstić information content (AvgIpc) is 2.93. The van der Waals surface area contributed by atoms with E-state index in [2.05, 4.69) is 5.10 Å². The van der Waals surface area contributed by atoms with Gasteiger partial charge in [0, 0.05) is 7.05 Å². The summed E-state index contributed by atoms with van der Waals surface area (Å²) >= 11 is 6.08. The lowest BCUT2D eigenvalue weighted by Crippen LogP contribution is -2.21. The van der Waals surface area contributed by atoms with E-state index in [-0.39, 0.29) is 0 Å². The number of rotatable bonds is 2. The molecule has 1 heterocycles. The Bertz CT molecular complexity index is 384. The maximum Gasteiger partial charge on any atom is 0.100 e. The fourth-order valence-electron chi connectivity index (χ4n) is 3.64. The molecule has 0 aromatic carbocycles. The van der Waals surface area contributed by atoms with Gasteiger partial charge in [0.05, 0.1) is 16.9 Å². The van der Waals surface area contributed by atoms with E-state index < -0.39 is 6.10 Å². The van der Waals surface area contributed by atoms with Crippen LogP contribution in [0.1, 0.15) is 37.5 Å². The Morgan fingerprint density at radius 2 is 2.31 bits per heavy atom. The Morgan fingerprint density at radius 3 is 2.81 bits per heavy atom. The second-order valence-electron chi connectivity index (χ2n) is 5.28. The summed E-state index contributed by atoms with van der Waals surface area (Å²) in [6, 6.07) is 0. The lowest BCUT2D eigenvalue weighted by Gasteiger charge is -2.27. The largest absolute Gasteiger partial charge is 0.386 e. The van der Waals surface area contributed by atoms with Gasteiger partial charge < -0.3 is 5.11 Å². The third kappa shape index (κ3) is 1.49. The second-order valence-corrected chi connectivity index (χ2v) is 5.69. The zero-order valence-electron chi connectivity index (χ0n) is 9.43. The number of halogens is 1. The van der Waals surface area contributed by atoms with E-state index in [0.29, 0.717) is 16.9 Å². The second kappa shape index (κ2) is 3.74. The Morgan fingerprint density at radius 1 is 1.50 bits per heavy atom. The fraction of sp³-hybridized carbons (Fsp3) is 0.750. The van der Waals surface area contributed by atoms with Crippen LogP contribution in [0.2, 0.25) is 5.02 Å². The lowest BCUT2D eigenvalue weighted by atomic mass is 9.83. The molecule has 1 N–H and O–H groups in total. The molecule has 4 heteroatoms. The molecule has 88 valence electrons. The van der Waals surface area contributed by atoms with Gasteiger partial charge in [0.2, 0.25) is 0 Å². The molecule has 3 rings (SSSR count). The molecule has 0 spiro atoms. The highest BCUT2D eigenvalue weighted by molar-refractivity contribution is 6.31. The molecule has 2 bridgehead atoms. The normalized spacial score (nSPS) is 34.6. The van der Waals surface area contributed by atoms with Gasteiger partial charge in [0.1, 0.15) is 6.10 Å². The first-order chi connectivity index (χ1) is 7.66. The highest BCUT2D eigenvalue weighted by Gasteiger charge is 2.44. The Hall–Kier alpha value is -0.540. The minimum Gasteiger partial charge on any atom is -0.386 e. The molecule has 16 heavy (non-hydrogen) atoms. The fourth-order valence-corrected chi connectivity index (χ4v) is 3.91. The molecule has 1 aromatic heterocycles. The van der Waals surface area contributed by atoms with Crippen LogP contribution >= 0.6 is 11.6 Å². The number of nitrogens with zero attached hydrogens (tertiary/aromatic N) is 2. The minimum atomic E-state index is -0.435. The van der Waals surface area contributed by atoms with Gasteiger partial charge in [-0.1, -0.05) is 18.0 Å². The summed E-state index contributed by atoms with van der Waals surface area (Å²) in [5.41, 5.74) is 0.791. The predicted molar refractivity (Wildman–Crippen MR) is 62.1 cm³/mol. The molecule has 2 saturated carbocycles. The van der Waals surface area contributed by atoms with Crippen LogP contribution in [0.3, 0.4) is 0 Å². The van der Waals surface area contributed by atoms with Gasteiger partial charge in [-0.3, -0.25) is 4.68 Å². The topological polar surface area (TPSA) is 38.0 Å². The number of hydrogen-bond acceptors (Lipinski definition) is 2. The van der Waals surface area contributed by atoms with Gasteiger partial charge in [0.15, 0.2) is 0 Å². The van der Waals surface area contributed by atoms with Crippen LogP contribution in [0.15, 0.2) is 6.20 Å². The molecular formula is C12H17ClN2O. The van der Waals surface area contributed by atoms with Crippen molar-refractivity contribution < 1.29 is 5.11 Å². The van der Waals surface area contributed by atoms with E-state index in [0.717, 1.165) is 18.0 Å². The summed E-state index contributed by atoms with van der Waals surface area (Å²) < 4.78 is 1.71. The molecule has 2 aliphatic carbocycles. The van der Waals surface area contributed by atoms with E-state index in [1.807, 2.05) is 7.05 Å². The number of aryl methyl sites for hydroxylation is 1. The van der Waals surface area contributed by atoms with Crippen LogP contribution in [0.25, 0.3) is 0 Å². The van der Waals surface area contributed by atoms with Gasteiger partial charge >= 0.3 is 0 Å². The van der Waals surface area contributed by atoms with Crippen LogP contribution < -0.4 is 0 Å². The van der Waals surface area contributed by atoms with Gasteiger partial charge in [-0.25, -0.2) is 0 Å². The van der Waals surface area contributed by atoms with Gasteiger partial charge in [0.25, 0.3) is 0 Å². The maximum atomic E-state index is 10.4. The van der Waals surface area contributed by atoms with Crippen molar-refractivity contribution in [1.82, 2.24) is 9.78 Å². The lowest BCUT2D eigenvalue weighted by molar-refractivity contribution is 0.0678. The monoisotopic (exact) mass is 240 g/mol. The Labute approximate surface area is 100 Å². The molecule has 1 aromatic rings. The highest BCUT2D eigenvalue weighted by atomic mass is 35.5. The van der Waals surface area contributed by atoms with E-state index in [4.69, 9.17) is 11.6 Å². The molecule has 0 saturated heterocycles. The van der Waals surface area contributed by atoms with Crippen LogP contribution in [0.5, 0.6) is 0 Å². The summed E-state index contributed by atoms with van der Waals surface area (Å²) in [6.45, 7) is 0. The summed E-state index contributed by atoms with van der Waals surface area (Å²) in [4.78, 5) is 0. The SMILES string of the molecule is Cn1ncc(Cl)c1C(O)C1CC2CCC1C2. The van der Waals surface area contributed by atoms with Crippen molar-refractivity contribution in [3.63, 3.8) is 0 Å². The standard InChI is InChI=1S/C12H17ClN2O/c1-15-11(10(13)6-14-15)12(16)9-5-7-2-3-8(9)4-7/h6-9,12,16H,2-5H2,1H3. The molecule has 2 aliphatic rings. The molecule has 4 unspecified atom stereocenters. The molecule has 0 radical (unpaired) electrons. The summed E-state index contributed by atoms with van der Waals surface area (Å²) in [5, 5.41) is 15.1. The van der Waals surface area contributed by atoms with Crippen molar-refractivity contribution in [2.24, 2.45) is 24.8 Å². The van der Waals surface area contributed by atoms with Crippen molar-refractivity contribution >= 4 is 11.6 Å². The highest BCUT2D eigenvalue weighted by Crippen LogP contribution is 2.52. The van der Waals surface area contributed by atoms with E-state index in [1.54, 1.807) is 10.9 Å². The molecule has 3 nitrogen and oxygen atoms in total. The Balaban J connectivity index is 1.85. The van der Waals surface area contributed by atoms with Gasteiger partial charge in [-0.15, -0.1) is 0 Å². The van der Waals surface area contributed by atoms with Crippen molar-refractivity contribution in [3.8, 4) is 0 Å². The molecular weight excluding hydrogens is 224 g/mol. The van der Waals surface area contributed by atoms with Crippen molar-refractivity contribution in [1.29, 1.82) is 0 Å². The quantitative estimate of drug-likeness (QED) is 0.863. The van der Waals surface area contributed by atoms with Crippen molar-refractivity contribution in [3.05, 3.63) is 16.9 Å². The minimum absolute atomic E-state index is 0.395. The van der Waals surface area contributed by atoms with Crippen LogP contribution in [0.4, 0.5) is 0 Å². The zero-order valence-corrected chi connectivity index (χ0v) is 10.2. The first-order valence-electron chi connectivity index (χ1n) is 6.02. The van der Waals surface area contributed by atoms with Gasteiger partial charge in [-0.2, -0.15) is 5.10 Å². The smallest absolute Gasteiger partial charge is 0.100 e. The zero-order chi connectivity index (χ0) is 11.3. The first-order valence-corrected chi connectivity index (χ1v) is 6.40. The number of fused-ring (bicyclic) bond motifs is 2. The molecule has 0 aliphatic heterocycles. The number of aliphatic hydroxyl groups excluding tert-OH is 1. The van der Waals surface area contributed by atoms with Crippen molar-refractivity contribution in [2.45, 2.75) is 31.8 Å². The first kappa shape index (κ1) is 10.6. The van der Waals surface area contributed by atoms with Gasteiger partial charge in [-0.05, 0) is 37.0 Å². The average molecular weight is 241 g/mol. The molecule has 2 fully saturated rings. The van der Waals surface area contributed by atoms with Crippen LogP contribution in [-0.4, -0.2) is 14.9 Å².